The summed E-state index contributed by atoms with van der Waals surface area (Å²) >= 11 is 0. The quantitative estimate of drug-likeness (QED) is 0.525. The van der Waals surface area contributed by atoms with Gasteiger partial charge in [-0.25, -0.2) is 18.6 Å². The largest absolute Gasteiger partial charge is 0.396 e. The van der Waals surface area contributed by atoms with E-state index in [0.717, 1.165) is 12.8 Å². The molecule has 1 nitrogen and oxygen atoms in total. The number of aliphatic hydroxyl groups excluding tert-OH is 1. The van der Waals surface area contributed by atoms with Crippen LogP contribution >= 0.6 is 0 Å². The zero-order chi connectivity index (χ0) is 8.41. The third-order valence-electron chi connectivity index (χ3n) is 0.920. The Balaban J connectivity index is -0.000000107. The maximum atomic E-state index is 8.07. The molecule has 0 aromatic carbocycles. The van der Waals surface area contributed by atoms with Crippen LogP contribution in [0.5, 0.6) is 0 Å². The van der Waals surface area contributed by atoms with Crippen LogP contribution in [0.1, 0.15) is 33.6 Å². The van der Waals surface area contributed by atoms with Crippen LogP contribution in [0.25, 0.3) is 0 Å². The Labute approximate surface area is 85.8 Å². The number of hydrogen-bond donors (Lipinski definition) is 1. The summed E-state index contributed by atoms with van der Waals surface area (Å²) in [5.74, 6) is 0. The monoisotopic (exact) mass is 191 g/mol. The van der Waals surface area contributed by atoms with Gasteiger partial charge in [-0.3, -0.25) is 0 Å². The van der Waals surface area contributed by atoms with Crippen molar-refractivity contribution < 1.29 is 26.8 Å². The van der Waals surface area contributed by atoms with E-state index in [0.29, 0.717) is 6.61 Å². The fraction of sp³-hybridized carbons (Fsp3) is 0.667. The summed E-state index contributed by atoms with van der Waals surface area (Å²) in [4.78, 5) is 0. The van der Waals surface area contributed by atoms with Crippen molar-refractivity contribution in [1.29, 1.82) is 0 Å². The number of allylic oxidation sites excluding steroid dienone is 2. The van der Waals surface area contributed by atoms with Crippen LogP contribution in [-0.2, 0) is 21.7 Å². The van der Waals surface area contributed by atoms with Gasteiger partial charge in [-0.1, -0.05) is 13.3 Å². The molecule has 0 amide bonds. The van der Waals surface area contributed by atoms with Gasteiger partial charge in [0, 0.05) is 28.3 Å². The summed E-state index contributed by atoms with van der Waals surface area (Å²) in [7, 11) is 0. The molecule has 0 rings (SSSR count). The molecule has 0 aliphatic rings. The second-order valence-electron chi connectivity index (χ2n) is 2.36. The molecule has 0 aromatic heterocycles. The van der Waals surface area contributed by atoms with Gasteiger partial charge in [0.15, 0.2) is 0 Å². The second kappa shape index (κ2) is 16.7. The fourth-order valence-corrected chi connectivity index (χ4v) is 0.158. The van der Waals surface area contributed by atoms with E-state index in [1.807, 2.05) is 19.9 Å². The minimum Gasteiger partial charge on any atom is -0.396 e. The van der Waals surface area contributed by atoms with E-state index < -0.39 is 0 Å². The Morgan fingerprint density at radius 1 is 1.45 bits per heavy atom. The van der Waals surface area contributed by atoms with E-state index in [4.69, 9.17) is 5.11 Å². The molecule has 0 fully saturated rings. The fourth-order valence-electron chi connectivity index (χ4n) is 0.158. The number of rotatable bonds is 2. The van der Waals surface area contributed by atoms with Crippen LogP contribution in [0.2, 0.25) is 0 Å². The average molecular weight is 191 g/mol. The van der Waals surface area contributed by atoms with Crippen molar-refractivity contribution in [3.63, 3.8) is 0 Å². The summed E-state index contributed by atoms with van der Waals surface area (Å²) < 4.78 is 0. The topological polar surface area (TPSA) is 20.2 Å². The van der Waals surface area contributed by atoms with Gasteiger partial charge in [-0.15, -0.1) is 13.8 Å². The first kappa shape index (κ1) is 17.4. The van der Waals surface area contributed by atoms with Crippen molar-refractivity contribution in [1.82, 2.24) is 0 Å². The summed E-state index contributed by atoms with van der Waals surface area (Å²) in [6.07, 6.45) is 3.87. The Kier molecular flexibility index (Phi) is 26.4. The van der Waals surface area contributed by atoms with E-state index in [2.05, 4.69) is 13.8 Å². The van der Waals surface area contributed by atoms with Crippen molar-refractivity contribution in [2.45, 2.75) is 33.6 Å². The number of unbranched alkanes of at least 4 members (excludes halogenated alkanes) is 1. The molecule has 0 bridgehead atoms. The summed E-state index contributed by atoms with van der Waals surface area (Å²) in [5, 5.41) is 8.07. The molecule has 2 heteroatoms. The third-order valence-corrected chi connectivity index (χ3v) is 0.920. The first-order valence-electron chi connectivity index (χ1n) is 3.72. The summed E-state index contributed by atoms with van der Waals surface area (Å²) in [5.41, 5.74) is 1.27. The molecule has 0 spiro atoms. The van der Waals surface area contributed by atoms with Gasteiger partial charge in [-0.05, 0) is 6.42 Å². The van der Waals surface area contributed by atoms with Gasteiger partial charge in [0.1, 0.15) is 0 Å². The zero-order valence-electron chi connectivity index (χ0n) is 7.85. The second-order valence-corrected chi connectivity index (χ2v) is 2.36. The molecule has 0 saturated carbocycles. The molecule has 0 aliphatic carbocycles. The zero-order valence-corrected chi connectivity index (χ0v) is 9.41. The van der Waals surface area contributed by atoms with Crippen LogP contribution in [0.3, 0.4) is 0 Å². The van der Waals surface area contributed by atoms with Gasteiger partial charge in [-0.2, -0.15) is 0 Å². The van der Waals surface area contributed by atoms with E-state index in [-0.39, 0.29) is 21.7 Å². The first-order valence-corrected chi connectivity index (χ1v) is 3.72. The van der Waals surface area contributed by atoms with Crippen LogP contribution < -0.4 is 0 Å². The maximum Gasteiger partial charge on any atom is 0.0430 e. The minimum absolute atomic E-state index is 0. The van der Waals surface area contributed by atoms with E-state index in [1.54, 1.807) is 0 Å². The molecule has 11 heavy (non-hydrogen) atoms. The van der Waals surface area contributed by atoms with Crippen molar-refractivity contribution in [2.75, 3.05) is 6.61 Å². The molecule has 0 radical (unpaired) electrons. The van der Waals surface area contributed by atoms with Crippen LogP contribution in [0.4, 0.5) is 0 Å². The molecule has 0 unspecified atom stereocenters. The number of hydrogen-bond acceptors (Lipinski definition) is 1. The van der Waals surface area contributed by atoms with Crippen molar-refractivity contribution in [2.24, 2.45) is 0 Å². The van der Waals surface area contributed by atoms with E-state index in [9.17, 15) is 0 Å². The summed E-state index contributed by atoms with van der Waals surface area (Å²) in [6, 6.07) is 0. The average Bonchev–Trinajstić information content (AvgIpc) is 1.91. The molecular formula is C9H19OTi-. The predicted molar refractivity (Wildman–Crippen MR) is 46.8 cm³/mol. The van der Waals surface area contributed by atoms with Gasteiger partial charge < -0.3 is 5.11 Å². The van der Waals surface area contributed by atoms with E-state index in [1.165, 1.54) is 5.57 Å². The van der Waals surface area contributed by atoms with Crippen molar-refractivity contribution >= 4 is 0 Å². The standard InChI is InChI=1S/C5H9.C4H10O.Ti/c1-4-5(2)3;1-2-3-4-5;/h4H,1H2,2-3H3;5H,2-4H2,1H3;/q-1;;. The predicted octanol–water partition coefficient (Wildman–Crippen LogP) is 2.56. The molecule has 0 aromatic rings. The third kappa shape index (κ3) is 38.5. The molecule has 0 saturated heterocycles. The van der Waals surface area contributed by atoms with Crippen LogP contribution in [0, 0.1) is 6.92 Å². The van der Waals surface area contributed by atoms with Gasteiger partial charge >= 0.3 is 0 Å². The summed E-state index contributed by atoms with van der Waals surface area (Å²) in [6.45, 7) is 9.96. The molecule has 1 N–H and O–H groups in total. The van der Waals surface area contributed by atoms with E-state index >= 15 is 0 Å². The van der Waals surface area contributed by atoms with Crippen LogP contribution in [0.15, 0.2) is 11.6 Å². The van der Waals surface area contributed by atoms with Crippen molar-refractivity contribution in [3.8, 4) is 0 Å². The minimum atomic E-state index is 0. The smallest absolute Gasteiger partial charge is 0.0430 e. The Hall–Kier alpha value is 0.284. The Morgan fingerprint density at radius 3 is 1.82 bits per heavy atom. The Morgan fingerprint density at radius 2 is 1.82 bits per heavy atom. The normalized spacial score (nSPS) is 6.91. The van der Waals surface area contributed by atoms with Gasteiger partial charge in [0.2, 0.25) is 0 Å². The van der Waals surface area contributed by atoms with Crippen molar-refractivity contribution in [3.05, 3.63) is 18.6 Å². The molecule has 0 aliphatic heterocycles. The van der Waals surface area contributed by atoms with Gasteiger partial charge in [0.25, 0.3) is 0 Å². The van der Waals surface area contributed by atoms with Gasteiger partial charge in [0.05, 0.1) is 0 Å². The molecule has 0 atom stereocenters. The molecule has 0 heterocycles. The first-order chi connectivity index (χ1) is 4.68. The maximum absolute atomic E-state index is 8.07. The molecular weight excluding hydrogens is 172 g/mol. The van der Waals surface area contributed by atoms with Crippen LogP contribution in [-0.4, -0.2) is 11.7 Å². The molecule has 66 valence electrons. The number of aliphatic hydroxyl groups is 1. The Bertz CT molecular complexity index is 73.6. The SMILES string of the molecule is CCCCO.[CH2-]C=C(C)C.[Ti].